The van der Waals surface area contributed by atoms with E-state index < -0.39 is 47.9 Å². The average molecular weight is 311 g/mol. The summed E-state index contributed by atoms with van der Waals surface area (Å²) < 4.78 is 32.9. The van der Waals surface area contributed by atoms with Crippen LogP contribution in [0.25, 0.3) is 0 Å². The maximum Gasteiger partial charge on any atom is 0.408 e. The van der Waals surface area contributed by atoms with Crippen molar-refractivity contribution < 1.29 is 26.8 Å². The quantitative estimate of drug-likeness (QED) is 0.871. The largest absolute Gasteiger partial charge is 0.441 e. The summed E-state index contributed by atoms with van der Waals surface area (Å²) in [6.45, 7) is 0.353. The Labute approximate surface area is 123 Å². The molecule has 1 aromatic carbocycles. The first-order valence-corrected chi connectivity index (χ1v) is 7.61. The highest BCUT2D eigenvalue weighted by molar-refractivity contribution is 7.75. The third-order valence-electron chi connectivity index (χ3n) is 3.87. The molecule has 0 radical (unpaired) electrons. The Balaban J connectivity index is 1.52. The van der Waals surface area contributed by atoms with Crippen molar-refractivity contribution in [2.24, 2.45) is 0 Å². The number of benzene rings is 1. The van der Waals surface area contributed by atoms with Gasteiger partial charge < -0.3 is 14.8 Å². The number of rotatable bonds is 3. The number of ether oxygens (including phenoxy) is 2. The second-order valence-electron chi connectivity index (χ2n) is 5.13. The van der Waals surface area contributed by atoms with Gasteiger partial charge in [-0.05, 0) is 5.56 Å². The monoisotopic (exact) mass is 311 g/mol. The fourth-order valence-electron chi connectivity index (χ4n) is 2.95. The van der Waals surface area contributed by atoms with E-state index in [1.54, 1.807) is 0 Å². The molecule has 2 heterocycles. The Morgan fingerprint density at radius 3 is 2.71 bits per heavy atom. The van der Waals surface area contributed by atoms with Crippen LogP contribution in [0.15, 0.2) is 30.3 Å². The normalized spacial score (nSPS) is 40.5. The van der Waals surface area contributed by atoms with E-state index in [0.717, 1.165) is 5.56 Å². The lowest BCUT2D eigenvalue weighted by Crippen LogP contribution is -2.39. The summed E-state index contributed by atoms with van der Waals surface area (Å²) in [5, 5.41) is 2.66. The molecule has 7 nitrogen and oxygen atoms in total. The topological polar surface area (TPSA) is 83.1 Å². The summed E-state index contributed by atoms with van der Waals surface area (Å²) in [4.78, 5) is 11.4. The first-order valence-electron chi connectivity index (χ1n) is 6.61. The molecule has 1 aromatic rings. The van der Waals surface area contributed by atoms with E-state index in [9.17, 15) is 9.00 Å². The molecule has 21 heavy (non-hydrogen) atoms. The maximum atomic E-state index is 11.4. The maximum absolute atomic E-state index is 11.4. The number of carbonyl (C=O) groups excluding carboxylic acids is 1. The molecule has 1 unspecified atom stereocenters. The smallest absolute Gasteiger partial charge is 0.408 e. The lowest BCUT2D eigenvalue weighted by atomic mass is 10.2. The lowest BCUT2D eigenvalue weighted by Gasteiger charge is -2.20. The molecule has 2 aliphatic heterocycles. The molecule has 2 saturated heterocycles. The zero-order chi connectivity index (χ0) is 14.4. The second-order valence-corrected chi connectivity index (χ2v) is 5.92. The summed E-state index contributed by atoms with van der Waals surface area (Å²) in [5.74, 6) is 0. The molecule has 1 aliphatic carbocycles. The van der Waals surface area contributed by atoms with Crippen LogP contribution in [0.4, 0.5) is 4.79 Å². The van der Waals surface area contributed by atoms with E-state index in [2.05, 4.69) is 5.32 Å². The number of carbonyl (C=O) groups is 1. The van der Waals surface area contributed by atoms with Crippen LogP contribution < -0.4 is 5.32 Å². The zero-order valence-electron chi connectivity index (χ0n) is 10.8. The molecule has 1 saturated carbocycles. The molecule has 0 aromatic heterocycles. The van der Waals surface area contributed by atoms with Crippen molar-refractivity contribution in [3.8, 4) is 0 Å². The van der Waals surface area contributed by atoms with E-state index in [4.69, 9.17) is 17.8 Å². The minimum Gasteiger partial charge on any atom is -0.441 e. The molecule has 3 aliphatic rings. The number of hydrogen-bond acceptors (Lipinski definition) is 6. The van der Waals surface area contributed by atoms with Gasteiger partial charge >= 0.3 is 17.5 Å². The molecule has 3 fully saturated rings. The fraction of sp³-hybridized carbons (Fsp3) is 0.462. The van der Waals surface area contributed by atoms with Crippen molar-refractivity contribution in [2.45, 2.75) is 37.1 Å². The summed E-state index contributed by atoms with van der Waals surface area (Å²) in [6.07, 6.45) is -2.54. The standard InChI is InChI=1S/C13H13NO6S/c15-13-14-8-9(18-13)11(12-10(8)19-21(16)20-12)17-6-7-4-2-1-3-5-7/h1-5,8-12H,6H2,(H,14,15)/t8-,9+,10-,11-,12-,21?/m1/s1. The number of alkyl carbamates (subject to hydrolysis) is 1. The van der Waals surface area contributed by atoms with Gasteiger partial charge in [-0.2, -0.15) is 4.21 Å². The second kappa shape index (κ2) is 5.06. The van der Waals surface area contributed by atoms with Crippen molar-refractivity contribution in [1.82, 2.24) is 5.32 Å². The van der Waals surface area contributed by atoms with Crippen LogP contribution in [-0.2, 0) is 35.8 Å². The number of hydrogen-bond donors (Lipinski definition) is 1. The summed E-state index contributed by atoms with van der Waals surface area (Å²) in [5.41, 5.74) is 0.995. The Morgan fingerprint density at radius 1 is 1.14 bits per heavy atom. The van der Waals surface area contributed by atoms with Crippen LogP contribution in [0, 0.1) is 0 Å². The van der Waals surface area contributed by atoms with Gasteiger partial charge in [-0.25, -0.2) is 4.79 Å². The molecular weight excluding hydrogens is 298 g/mol. The van der Waals surface area contributed by atoms with Gasteiger partial charge in [0, 0.05) is 0 Å². The molecule has 0 spiro atoms. The van der Waals surface area contributed by atoms with Crippen LogP contribution in [0.2, 0.25) is 0 Å². The zero-order valence-corrected chi connectivity index (χ0v) is 11.7. The Hall–Kier alpha value is -1.48. The lowest BCUT2D eigenvalue weighted by molar-refractivity contribution is -0.0627. The van der Waals surface area contributed by atoms with E-state index in [1.165, 1.54) is 0 Å². The Kier molecular flexibility index (Phi) is 3.18. The molecule has 8 heteroatoms. The van der Waals surface area contributed by atoms with Crippen molar-refractivity contribution in [3.63, 3.8) is 0 Å². The number of fused-ring (bicyclic) bond motifs is 3. The minimum atomic E-state index is -1.81. The van der Waals surface area contributed by atoms with Crippen LogP contribution in [0.1, 0.15) is 5.56 Å². The van der Waals surface area contributed by atoms with Gasteiger partial charge in [0.25, 0.3) is 0 Å². The number of nitrogens with one attached hydrogen (secondary N) is 1. The van der Waals surface area contributed by atoms with Gasteiger partial charge in [0.2, 0.25) is 0 Å². The van der Waals surface area contributed by atoms with Crippen LogP contribution in [0.5, 0.6) is 0 Å². The third kappa shape index (κ3) is 2.24. The average Bonchev–Trinajstić information content (AvgIpc) is 3.09. The highest BCUT2D eigenvalue weighted by atomic mass is 32.2. The van der Waals surface area contributed by atoms with Gasteiger partial charge in [-0.3, -0.25) is 8.37 Å². The number of amides is 1. The van der Waals surface area contributed by atoms with Crippen molar-refractivity contribution in [1.29, 1.82) is 0 Å². The Morgan fingerprint density at radius 2 is 1.90 bits per heavy atom. The Bertz CT molecular complexity index is 551. The van der Waals surface area contributed by atoms with Gasteiger partial charge in [0.05, 0.1) is 6.61 Å². The third-order valence-corrected chi connectivity index (χ3v) is 4.63. The molecule has 1 amide bonds. The summed E-state index contributed by atoms with van der Waals surface area (Å²) in [6, 6.07) is 9.24. The van der Waals surface area contributed by atoms with E-state index >= 15 is 0 Å². The predicted octanol–water partition coefficient (Wildman–Crippen LogP) is 0.425. The van der Waals surface area contributed by atoms with Crippen molar-refractivity contribution in [3.05, 3.63) is 35.9 Å². The minimum absolute atomic E-state index is 0.353. The molecular formula is C13H13NO6S. The van der Waals surface area contributed by atoms with E-state index in [0.29, 0.717) is 6.61 Å². The van der Waals surface area contributed by atoms with Crippen LogP contribution >= 0.6 is 0 Å². The molecule has 6 atom stereocenters. The van der Waals surface area contributed by atoms with E-state index in [-0.39, 0.29) is 0 Å². The predicted molar refractivity (Wildman–Crippen MR) is 70.1 cm³/mol. The van der Waals surface area contributed by atoms with Crippen molar-refractivity contribution in [2.75, 3.05) is 0 Å². The van der Waals surface area contributed by atoms with Gasteiger partial charge in [0.1, 0.15) is 24.4 Å². The first-order chi connectivity index (χ1) is 10.2. The van der Waals surface area contributed by atoms with Gasteiger partial charge in [0.15, 0.2) is 6.10 Å². The summed E-state index contributed by atoms with van der Waals surface area (Å²) >= 11 is -1.81. The molecule has 4 rings (SSSR count). The van der Waals surface area contributed by atoms with Crippen molar-refractivity contribution >= 4 is 17.5 Å². The fourth-order valence-corrected chi connectivity index (χ4v) is 3.81. The summed E-state index contributed by atoms with van der Waals surface area (Å²) in [7, 11) is 0. The highest BCUT2D eigenvalue weighted by Gasteiger charge is 2.63. The van der Waals surface area contributed by atoms with Gasteiger partial charge in [-0.1, -0.05) is 30.3 Å². The highest BCUT2D eigenvalue weighted by Crippen LogP contribution is 2.39. The van der Waals surface area contributed by atoms with Crippen LogP contribution in [-0.4, -0.2) is 40.8 Å². The van der Waals surface area contributed by atoms with Gasteiger partial charge in [-0.15, -0.1) is 0 Å². The molecule has 0 bridgehead atoms. The SMILES string of the molecule is O=C1N[C@H]2[C@H]3OS(=O)O[C@H]3[C@H](OCc3ccccc3)[C@H]2O1. The molecule has 112 valence electrons. The molecule has 1 N–H and O–H groups in total. The van der Waals surface area contributed by atoms with E-state index in [1.807, 2.05) is 30.3 Å². The first kappa shape index (κ1) is 13.2. The van der Waals surface area contributed by atoms with Crippen LogP contribution in [0.3, 0.4) is 0 Å².